The summed E-state index contributed by atoms with van der Waals surface area (Å²) in [5.41, 5.74) is 3.02. The van der Waals surface area contributed by atoms with Crippen LogP contribution in [0.2, 0.25) is 0 Å². The Balaban J connectivity index is 1.22. The molecule has 178 valence electrons. The van der Waals surface area contributed by atoms with Crippen molar-refractivity contribution in [1.82, 2.24) is 9.80 Å². The van der Waals surface area contributed by atoms with Gasteiger partial charge in [-0.15, -0.1) is 0 Å². The third kappa shape index (κ3) is 6.91. The molecule has 3 aromatic carbocycles. The van der Waals surface area contributed by atoms with Gasteiger partial charge in [0, 0.05) is 37.7 Å². The van der Waals surface area contributed by atoms with Gasteiger partial charge in [0.05, 0.1) is 6.61 Å². The highest BCUT2D eigenvalue weighted by Crippen LogP contribution is 2.21. The number of benzene rings is 3. The first kappa shape index (κ1) is 24.0. The van der Waals surface area contributed by atoms with Crippen LogP contribution in [-0.4, -0.2) is 49.0 Å². The summed E-state index contributed by atoms with van der Waals surface area (Å²) in [6, 6.07) is 24.8. The molecule has 1 amide bonds. The molecule has 0 saturated carbocycles. The summed E-state index contributed by atoms with van der Waals surface area (Å²) in [6.45, 7) is 3.82. The fourth-order valence-electron chi connectivity index (χ4n) is 4.45. The maximum Gasteiger partial charge on any atom is 0.253 e. The Bertz CT molecular complexity index is 1060. The molecule has 1 heterocycles. The second-order valence-corrected chi connectivity index (χ2v) is 9.20. The van der Waals surface area contributed by atoms with Crippen LogP contribution >= 0.6 is 0 Å². The van der Waals surface area contributed by atoms with E-state index in [4.69, 9.17) is 4.74 Å². The average molecular weight is 461 g/mol. The lowest BCUT2D eigenvalue weighted by molar-refractivity contribution is 0.0633. The van der Waals surface area contributed by atoms with Crippen molar-refractivity contribution in [1.29, 1.82) is 0 Å². The normalized spacial score (nSPS) is 16.0. The number of piperidine rings is 1. The van der Waals surface area contributed by atoms with Gasteiger partial charge in [0.25, 0.3) is 5.91 Å². The minimum atomic E-state index is -0.381. The van der Waals surface area contributed by atoms with Gasteiger partial charge in [0.15, 0.2) is 0 Å². The Hall–Kier alpha value is -3.18. The Morgan fingerprint density at radius 1 is 1.03 bits per heavy atom. The van der Waals surface area contributed by atoms with Crippen molar-refractivity contribution in [3.63, 3.8) is 0 Å². The third-order valence-electron chi connectivity index (χ3n) is 6.36. The Kier molecular flexibility index (Phi) is 8.31. The maximum absolute atomic E-state index is 13.5. The third-order valence-corrected chi connectivity index (χ3v) is 6.36. The van der Waals surface area contributed by atoms with Crippen molar-refractivity contribution >= 4 is 5.91 Å². The molecule has 5 heteroatoms. The van der Waals surface area contributed by atoms with Crippen molar-refractivity contribution in [3.8, 4) is 5.75 Å². The molecular weight excluding hydrogens is 427 g/mol. The van der Waals surface area contributed by atoms with E-state index in [0.717, 1.165) is 38.1 Å². The fraction of sp³-hybridized carbons (Fsp3) is 0.345. The second-order valence-electron chi connectivity index (χ2n) is 9.20. The van der Waals surface area contributed by atoms with Crippen LogP contribution in [0.25, 0.3) is 0 Å². The quantitative estimate of drug-likeness (QED) is 0.427. The predicted octanol–water partition coefficient (Wildman–Crippen LogP) is 5.43. The Morgan fingerprint density at radius 3 is 2.59 bits per heavy atom. The summed E-state index contributed by atoms with van der Waals surface area (Å²) in [4.78, 5) is 16.9. The molecule has 4 nitrogen and oxygen atoms in total. The molecule has 1 saturated heterocycles. The van der Waals surface area contributed by atoms with Crippen LogP contribution in [0.4, 0.5) is 4.39 Å². The lowest BCUT2D eigenvalue weighted by Gasteiger charge is -2.32. The summed E-state index contributed by atoms with van der Waals surface area (Å²) < 4.78 is 19.5. The van der Waals surface area contributed by atoms with Crippen molar-refractivity contribution < 1.29 is 13.9 Å². The van der Waals surface area contributed by atoms with Crippen LogP contribution in [-0.2, 0) is 13.0 Å². The number of ether oxygens (including phenoxy) is 1. The first-order valence-corrected chi connectivity index (χ1v) is 12.1. The van der Waals surface area contributed by atoms with Crippen LogP contribution in [0.15, 0.2) is 78.9 Å². The van der Waals surface area contributed by atoms with Gasteiger partial charge in [-0.3, -0.25) is 4.79 Å². The number of hydrogen-bond acceptors (Lipinski definition) is 3. The van der Waals surface area contributed by atoms with E-state index in [-0.39, 0.29) is 17.6 Å². The minimum absolute atomic E-state index is 0.107. The van der Waals surface area contributed by atoms with Gasteiger partial charge >= 0.3 is 0 Å². The van der Waals surface area contributed by atoms with Crippen LogP contribution < -0.4 is 4.74 Å². The van der Waals surface area contributed by atoms with Crippen LogP contribution in [0, 0.1) is 11.7 Å². The summed E-state index contributed by atoms with van der Waals surface area (Å²) >= 11 is 0. The van der Waals surface area contributed by atoms with E-state index in [1.165, 1.54) is 23.3 Å². The van der Waals surface area contributed by atoms with Crippen molar-refractivity contribution in [2.45, 2.75) is 25.8 Å². The number of carbonyl (C=O) groups excluding carboxylic acids is 1. The number of likely N-dealkylation sites (N-methyl/N-ethyl adjacent to an activating group) is 1. The summed E-state index contributed by atoms with van der Waals surface area (Å²) in [7, 11) is 2.15. The number of nitrogens with zero attached hydrogens (tertiary/aromatic N) is 2. The first-order valence-electron chi connectivity index (χ1n) is 12.1. The highest BCUT2D eigenvalue weighted by atomic mass is 19.1. The minimum Gasteiger partial charge on any atom is -0.493 e. The van der Waals surface area contributed by atoms with Gasteiger partial charge in [0.2, 0.25) is 0 Å². The molecule has 0 spiro atoms. The van der Waals surface area contributed by atoms with E-state index in [9.17, 15) is 9.18 Å². The Labute approximate surface area is 202 Å². The van der Waals surface area contributed by atoms with Gasteiger partial charge in [-0.2, -0.15) is 0 Å². The van der Waals surface area contributed by atoms with Gasteiger partial charge in [0.1, 0.15) is 11.6 Å². The number of rotatable bonds is 9. The molecule has 0 N–H and O–H groups in total. The highest BCUT2D eigenvalue weighted by molar-refractivity contribution is 5.94. The number of likely N-dealkylation sites (tertiary alicyclic amines) is 1. The Morgan fingerprint density at radius 2 is 1.82 bits per heavy atom. The summed E-state index contributed by atoms with van der Waals surface area (Å²) in [5, 5.41) is 0. The number of hydrogen-bond donors (Lipinski definition) is 0. The average Bonchev–Trinajstić information content (AvgIpc) is 2.87. The molecule has 1 aliphatic rings. The zero-order valence-electron chi connectivity index (χ0n) is 19.8. The summed E-state index contributed by atoms with van der Waals surface area (Å²) in [6.07, 6.45) is 3.00. The highest BCUT2D eigenvalue weighted by Gasteiger charge is 2.25. The predicted molar refractivity (Wildman–Crippen MR) is 133 cm³/mol. The number of carbonyl (C=O) groups is 1. The molecule has 34 heavy (non-hydrogen) atoms. The van der Waals surface area contributed by atoms with Gasteiger partial charge < -0.3 is 14.5 Å². The first-order chi connectivity index (χ1) is 16.6. The van der Waals surface area contributed by atoms with Crippen molar-refractivity contribution in [3.05, 3.63) is 101 Å². The van der Waals surface area contributed by atoms with Crippen molar-refractivity contribution in [2.75, 3.05) is 33.3 Å². The van der Waals surface area contributed by atoms with Gasteiger partial charge in [-0.1, -0.05) is 48.5 Å². The molecule has 0 bridgehead atoms. The monoisotopic (exact) mass is 460 g/mol. The molecule has 1 atom stereocenters. The molecule has 4 rings (SSSR count). The van der Waals surface area contributed by atoms with Gasteiger partial charge in [-0.25, -0.2) is 4.39 Å². The van der Waals surface area contributed by atoms with E-state index >= 15 is 0 Å². The second kappa shape index (κ2) is 11.8. The zero-order chi connectivity index (χ0) is 23.8. The van der Waals surface area contributed by atoms with E-state index in [1.807, 2.05) is 23.1 Å². The standard InChI is InChI=1S/C29H33FN2O2/c1-31(18-16-23-7-3-2-4-8-23)20-24-12-14-28(15-13-24)34-22-25-9-6-17-32(21-25)29(33)26-10-5-11-27(30)19-26/h2-5,7-8,10-15,19,25H,6,9,16-18,20-22H2,1H3/t25-/m1/s1. The van der Waals surface area contributed by atoms with Crippen LogP contribution in [0.5, 0.6) is 5.75 Å². The smallest absolute Gasteiger partial charge is 0.253 e. The molecule has 0 aromatic heterocycles. The topological polar surface area (TPSA) is 32.8 Å². The largest absolute Gasteiger partial charge is 0.493 e. The summed E-state index contributed by atoms with van der Waals surface area (Å²) in [5.74, 6) is 0.637. The lowest BCUT2D eigenvalue weighted by atomic mass is 9.98. The van der Waals surface area contributed by atoms with E-state index in [0.29, 0.717) is 25.3 Å². The van der Waals surface area contributed by atoms with E-state index in [1.54, 1.807) is 12.1 Å². The molecule has 1 aliphatic heterocycles. The molecular formula is C29H33FN2O2. The van der Waals surface area contributed by atoms with Crippen molar-refractivity contribution in [2.24, 2.45) is 5.92 Å². The van der Waals surface area contributed by atoms with Crippen LogP contribution in [0.1, 0.15) is 34.3 Å². The maximum atomic E-state index is 13.5. The molecule has 0 unspecified atom stereocenters. The van der Waals surface area contributed by atoms with Gasteiger partial charge in [-0.05, 0) is 67.8 Å². The number of halogens is 1. The van der Waals surface area contributed by atoms with E-state index < -0.39 is 0 Å². The SMILES string of the molecule is CN(CCc1ccccc1)Cc1ccc(OC[C@@H]2CCCN(C(=O)c3cccc(F)c3)C2)cc1. The zero-order valence-corrected chi connectivity index (χ0v) is 19.8. The molecule has 3 aromatic rings. The molecule has 0 aliphatic carbocycles. The molecule has 1 fully saturated rings. The number of amides is 1. The van der Waals surface area contributed by atoms with Crippen LogP contribution in [0.3, 0.4) is 0 Å². The van der Waals surface area contributed by atoms with E-state index in [2.05, 4.69) is 48.3 Å². The fourth-order valence-corrected chi connectivity index (χ4v) is 4.45. The lowest BCUT2D eigenvalue weighted by Crippen LogP contribution is -2.41. The molecule has 0 radical (unpaired) electrons.